The number of likely N-dealkylation sites (tertiary alicyclic amines) is 1. The Morgan fingerprint density at radius 2 is 1.81 bits per heavy atom. The van der Waals surface area contributed by atoms with Crippen molar-refractivity contribution in [1.82, 2.24) is 14.7 Å². The maximum Gasteiger partial charge on any atom is 0.275 e. The van der Waals surface area contributed by atoms with Gasteiger partial charge in [0.1, 0.15) is 0 Å². The van der Waals surface area contributed by atoms with Crippen LogP contribution in [0.4, 0.5) is 0 Å². The molecule has 4 rings (SSSR count). The maximum absolute atomic E-state index is 13.4. The van der Waals surface area contributed by atoms with E-state index in [2.05, 4.69) is 29.4 Å². The summed E-state index contributed by atoms with van der Waals surface area (Å²) in [5.41, 5.74) is 1.52. The van der Waals surface area contributed by atoms with E-state index in [1.165, 1.54) is 10.2 Å². The van der Waals surface area contributed by atoms with Crippen molar-refractivity contribution < 1.29 is 9.53 Å². The molecule has 3 aromatic rings. The first kappa shape index (κ1) is 22.2. The smallest absolute Gasteiger partial charge is 0.275 e. The Balaban J connectivity index is 1.42. The zero-order chi connectivity index (χ0) is 22.5. The minimum atomic E-state index is -0.146. The first-order valence-corrected chi connectivity index (χ1v) is 11.5. The Morgan fingerprint density at radius 3 is 2.56 bits per heavy atom. The minimum Gasteiger partial charge on any atom is -0.376 e. The van der Waals surface area contributed by atoms with Crippen molar-refractivity contribution in [3.8, 4) is 0 Å². The van der Waals surface area contributed by atoms with Gasteiger partial charge in [0, 0.05) is 31.6 Å². The van der Waals surface area contributed by atoms with Gasteiger partial charge in [-0.1, -0.05) is 62.4 Å². The van der Waals surface area contributed by atoms with Gasteiger partial charge in [-0.15, -0.1) is 0 Å². The van der Waals surface area contributed by atoms with E-state index >= 15 is 0 Å². The fraction of sp³-hybridized carbons (Fsp3) is 0.423. The van der Waals surface area contributed by atoms with Crippen molar-refractivity contribution in [3.63, 3.8) is 0 Å². The molecule has 6 nitrogen and oxygen atoms in total. The molecule has 0 unspecified atom stereocenters. The second kappa shape index (κ2) is 10.1. The van der Waals surface area contributed by atoms with E-state index in [1.807, 2.05) is 38.1 Å². The zero-order valence-electron chi connectivity index (χ0n) is 18.9. The predicted molar refractivity (Wildman–Crippen MR) is 126 cm³/mol. The van der Waals surface area contributed by atoms with Gasteiger partial charge < -0.3 is 9.64 Å². The second-order valence-electron chi connectivity index (χ2n) is 8.90. The van der Waals surface area contributed by atoms with Crippen LogP contribution in [0.5, 0.6) is 0 Å². The number of carbonyl (C=O) groups excluding carboxylic acids is 1. The van der Waals surface area contributed by atoms with Crippen LogP contribution < -0.4 is 5.56 Å². The topological polar surface area (TPSA) is 64.4 Å². The summed E-state index contributed by atoms with van der Waals surface area (Å²) >= 11 is 0. The number of hydrogen-bond acceptors (Lipinski definition) is 4. The summed E-state index contributed by atoms with van der Waals surface area (Å²) in [6, 6.07) is 17.6. The molecule has 0 spiro atoms. The Bertz CT molecular complexity index is 1120. The third-order valence-corrected chi connectivity index (χ3v) is 5.85. The number of benzene rings is 2. The minimum absolute atomic E-state index is 0.0440. The van der Waals surface area contributed by atoms with E-state index < -0.39 is 0 Å². The Morgan fingerprint density at radius 1 is 1.09 bits per heavy atom. The van der Waals surface area contributed by atoms with Crippen molar-refractivity contribution >= 4 is 16.7 Å². The Labute approximate surface area is 188 Å². The molecule has 1 fully saturated rings. The number of carbonyl (C=O) groups is 1. The number of amides is 1. The van der Waals surface area contributed by atoms with Crippen molar-refractivity contribution in [1.29, 1.82) is 0 Å². The van der Waals surface area contributed by atoms with Crippen LogP contribution in [0.1, 0.15) is 42.7 Å². The lowest BCUT2D eigenvalue weighted by atomic mass is 10.1. The van der Waals surface area contributed by atoms with E-state index in [-0.39, 0.29) is 23.5 Å². The van der Waals surface area contributed by atoms with Gasteiger partial charge >= 0.3 is 0 Å². The van der Waals surface area contributed by atoms with Crippen LogP contribution in [0.15, 0.2) is 59.4 Å². The molecule has 0 bridgehead atoms. The monoisotopic (exact) mass is 433 g/mol. The summed E-state index contributed by atoms with van der Waals surface area (Å²) in [7, 11) is 0. The SMILES string of the molecule is CC(C)Cn1nc(C(=O)N2CC[C@H](OCCCc3ccccc3)C2)c2ccccc2c1=O. The predicted octanol–water partition coefficient (Wildman–Crippen LogP) is 3.92. The van der Waals surface area contributed by atoms with Gasteiger partial charge in [-0.3, -0.25) is 9.59 Å². The highest BCUT2D eigenvalue weighted by Gasteiger charge is 2.30. The molecule has 0 N–H and O–H groups in total. The van der Waals surface area contributed by atoms with Gasteiger partial charge in [0.05, 0.1) is 11.5 Å². The average molecular weight is 434 g/mol. The summed E-state index contributed by atoms with van der Waals surface area (Å²) in [5, 5.41) is 5.65. The highest BCUT2D eigenvalue weighted by atomic mass is 16.5. The quantitative estimate of drug-likeness (QED) is 0.505. The third kappa shape index (κ3) is 5.07. The largest absolute Gasteiger partial charge is 0.376 e. The fourth-order valence-corrected chi connectivity index (χ4v) is 4.23. The summed E-state index contributed by atoms with van der Waals surface area (Å²) in [5.74, 6) is 0.124. The van der Waals surface area contributed by atoms with Crippen molar-refractivity contribution in [2.24, 2.45) is 5.92 Å². The molecule has 0 saturated carbocycles. The Hall–Kier alpha value is -2.99. The average Bonchev–Trinajstić information content (AvgIpc) is 3.28. The molecule has 32 heavy (non-hydrogen) atoms. The van der Waals surface area contributed by atoms with Gasteiger partial charge in [0.2, 0.25) is 0 Å². The van der Waals surface area contributed by atoms with Crippen LogP contribution in [-0.2, 0) is 17.7 Å². The van der Waals surface area contributed by atoms with E-state index in [0.29, 0.717) is 42.7 Å². The third-order valence-electron chi connectivity index (χ3n) is 5.85. The lowest BCUT2D eigenvalue weighted by Crippen LogP contribution is -2.34. The molecule has 0 radical (unpaired) electrons. The standard InChI is InChI=1S/C26H31N3O3/c1-19(2)17-29-25(30)23-13-7-6-12-22(23)24(27-29)26(31)28-15-14-21(18-28)32-16-8-11-20-9-4-3-5-10-20/h3-7,9-10,12-13,19,21H,8,11,14-18H2,1-2H3/t21-/m0/s1. The molecule has 1 aliphatic rings. The summed E-state index contributed by atoms with van der Waals surface area (Å²) in [4.78, 5) is 28.0. The summed E-state index contributed by atoms with van der Waals surface area (Å²) in [6.45, 7) is 6.43. The van der Waals surface area contributed by atoms with Crippen molar-refractivity contribution in [3.05, 3.63) is 76.2 Å². The molecule has 1 atom stereocenters. The number of hydrogen-bond donors (Lipinski definition) is 0. The van der Waals surface area contributed by atoms with Gasteiger partial charge in [-0.2, -0.15) is 5.10 Å². The van der Waals surface area contributed by atoms with E-state index in [4.69, 9.17) is 4.74 Å². The lowest BCUT2D eigenvalue weighted by molar-refractivity contribution is 0.0522. The molecular weight excluding hydrogens is 402 g/mol. The van der Waals surface area contributed by atoms with Crippen molar-refractivity contribution in [2.45, 2.75) is 45.8 Å². The number of nitrogens with zero attached hydrogens (tertiary/aromatic N) is 3. The van der Waals surface area contributed by atoms with Crippen LogP contribution in [0.2, 0.25) is 0 Å². The summed E-state index contributed by atoms with van der Waals surface area (Å²) in [6.07, 6.45) is 2.81. The number of aryl methyl sites for hydroxylation is 1. The van der Waals surface area contributed by atoms with E-state index in [1.54, 1.807) is 11.0 Å². The van der Waals surface area contributed by atoms with Gasteiger partial charge in [-0.25, -0.2) is 4.68 Å². The number of rotatable bonds is 8. The number of aromatic nitrogens is 2. The second-order valence-corrected chi connectivity index (χ2v) is 8.90. The molecule has 1 amide bonds. The number of fused-ring (bicyclic) bond motifs is 1. The van der Waals surface area contributed by atoms with Gasteiger partial charge in [0.15, 0.2) is 5.69 Å². The van der Waals surface area contributed by atoms with Crippen LogP contribution in [0.3, 0.4) is 0 Å². The Kier molecular flexibility index (Phi) is 7.00. The molecule has 2 heterocycles. The van der Waals surface area contributed by atoms with Crippen LogP contribution in [-0.4, -0.2) is 46.4 Å². The van der Waals surface area contributed by atoms with Crippen LogP contribution in [0, 0.1) is 5.92 Å². The van der Waals surface area contributed by atoms with Crippen LogP contribution >= 0.6 is 0 Å². The van der Waals surface area contributed by atoms with Gasteiger partial charge in [0.25, 0.3) is 11.5 Å². The number of ether oxygens (including phenoxy) is 1. The first-order chi connectivity index (χ1) is 15.5. The molecule has 1 aliphatic heterocycles. The van der Waals surface area contributed by atoms with Crippen molar-refractivity contribution in [2.75, 3.05) is 19.7 Å². The molecule has 6 heteroatoms. The van der Waals surface area contributed by atoms with Crippen LogP contribution in [0.25, 0.3) is 10.8 Å². The summed E-state index contributed by atoms with van der Waals surface area (Å²) < 4.78 is 7.49. The van der Waals surface area contributed by atoms with E-state index in [9.17, 15) is 9.59 Å². The normalized spacial score (nSPS) is 16.2. The van der Waals surface area contributed by atoms with E-state index in [0.717, 1.165) is 19.3 Å². The molecule has 0 aliphatic carbocycles. The lowest BCUT2D eigenvalue weighted by Gasteiger charge is -2.18. The maximum atomic E-state index is 13.4. The molecule has 1 saturated heterocycles. The van der Waals surface area contributed by atoms with Gasteiger partial charge in [-0.05, 0) is 36.8 Å². The zero-order valence-corrected chi connectivity index (χ0v) is 18.9. The molecule has 1 aromatic heterocycles. The highest BCUT2D eigenvalue weighted by molar-refractivity contribution is 6.04. The molecular formula is C26H31N3O3. The molecule has 168 valence electrons. The first-order valence-electron chi connectivity index (χ1n) is 11.5. The molecule has 2 aromatic carbocycles. The fourth-order valence-electron chi connectivity index (χ4n) is 4.23. The highest BCUT2D eigenvalue weighted by Crippen LogP contribution is 2.20.